The first-order valence-electron chi connectivity index (χ1n) is 6.96. The van der Waals surface area contributed by atoms with Gasteiger partial charge in [0.25, 0.3) is 0 Å². The van der Waals surface area contributed by atoms with Gasteiger partial charge in [-0.25, -0.2) is 9.78 Å². The summed E-state index contributed by atoms with van der Waals surface area (Å²) in [6.45, 7) is 3.65. The van der Waals surface area contributed by atoms with Gasteiger partial charge in [0.1, 0.15) is 11.7 Å². The van der Waals surface area contributed by atoms with Crippen molar-refractivity contribution in [2.24, 2.45) is 0 Å². The van der Waals surface area contributed by atoms with E-state index < -0.39 is 5.97 Å². The Morgan fingerprint density at radius 2 is 1.89 bits per heavy atom. The van der Waals surface area contributed by atoms with Crippen molar-refractivity contribution >= 4 is 5.97 Å². The lowest BCUT2D eigenvalue weighted by Gasteiger charge is -2.18. The Morgan fingerprint density at radius 1 is 1.26 bits per heavy atom. The summed E-state index contributed by atoms with van der Waals surface area (Å²) in [6.07, 6.45) is 6.88. The molecule has 1 aromatic heterocycles. The van der Waals surface area contributed by atoms with Crippen molar-refractivity contribution in [2.75, 3.05) is 0 Å². The lowest BCUT2D eigenvalue weighted by Crippen LogP contribution is -2.19. The molecule has 0 aliphatic heterocycles. The summed E-state index contributed by atoms with van der Waals surface area (Å²) in [6, 6.07) is 1.78. The Balaban J connectivity index is 2.24. The summed E-state index contributed by atoms with van der Waals surface area (Å²) >= 11 is 0. The van der Waals surface area contributed by atoms with Crippen LogP contribution in [0.2, 0.25) is 0 Å². The third-order valence-electron chi connectivity index (χ3n) is 3.61. The van der Waals surface area contributed by atoms with Gasteiger partial charge in [0.2, 0.25) is 5.88 Å². The fraction of sp³-hybridized carbons (Fsp3) is 0.600. The number of aromatic nitrogens is 1. The lowest BCUT2D eigenvalue weighted by atomic mass is 10.1. The molecule has 0 unspecified atom stereocenters. The number of aromatic carboxylic acids is 1. The topological polar surface area (TPSA) is 59.4 Å². The van der Waals surface area contributed by atoms with Gasteiger partial charge in [-0.1, -0.05) is 12.8 Å². The molecule has 0 bridgehead atoms. The quantitative estimate of drug-likeness (QED) is 0.848. The molecule has 19 heavy (non-hydrogen) atoms. The first-order chi connectivity index (χ1) is 9.08. The van der Waals surface area contributed by atoms with E-state index in [1.807, 2.05) is 6.92 Å². The molecule has 0 saturated heterocycles. The highest BCUT2D eigenvalue weighted by molar-refractivity contribution is 5.91. The third kappa shape index (κ3) is 3.46. The van der Waals surface area contributed by atoms with E-state index in [0.29, 0.717) is 5.56 Å². The van der Waals surface area contributed by atoms with Crippen LogP contribution in [-0.2, 0) is 0 Å². The van der Waals surface area contributed by atoms with E-state index in [4.69, 9.17) is 4.74 Å². The van der Waals surface area contributed by atoms with Crippen LogP contribution >= 0.6 is 0 Å². The maximum Gasteiger partial charge on any atom is 0.341 e. The molecule has 2 rings (SSSR count). The molecule has 1 aliphatic rings. The Hall–Kier alpha value is -1.58. The van der Waals surface area contributed by atoms with Crippen molar-refractivity contribution in [2.45, 2.75) is 58.5 Å². The van der Waals surface area contributed by atoms with Gasteiger partial charge in [-0.2, -0.15) is 0 Å². The van der Waals surface area contributed by atoms with Crippen LogP contribution in [0.5, 0.6) is 5.88 Å². The molecule has 4 heteroatoms. The van der Waals surface area contributed by atoms with Crippen LogP contribution in [0.1, 0.15) is 60.1 Å². The summed E-state index contributed by atoms with van der Waals surface area (Å²) in [5.41, 5.74) is 1.71. The highest BCUT2D eigenvalue weighted by atomic mass is 16.5. The number of carboxylic acid groups (broad SMARTS) is 1. The molecule has 0 spiro atoms. The average molecular weight is 263 g/mol. The largest absolute Gasteiger partial charge is 0.477 e. The third-order valence-corrected chi connectivity index (χ3v) is 3.61. The SMILES string of the molecule is Cc1cc(C)c(C(=O)O)c(OC2CCCCCC2)n1. The second-order valence-electron chi connectivity index (χ2n) is 5.30. The van der Waals surface area contributed by atoms with Crippen LogP contribution in [0.15, 0.2) is 6.07 Å². The molecule has 1 saturated carbocycles. The van der Waals surface area contributed by atoms with E-state index >= 15 is 0 Å². The van der Waals surface area contributed by atoms with Crippen LogP contribution in [0.3, 0.4) is 0 Å². The predicted molar refractivity (Wildman–Crippen MR) is 72.8 cm³/mol. The number of hydrogen-bond acceptors (Lipinski definition) is 3. The van der Waals surface area contributed by atoms with E-state index in [-0.39, 0.29) is 17.5 Å². The van der Waals surface area contributed by atoms with Crippen molar-refractivity contribution in [3.63, 3.8) is 0 Å². The maximum absolute atomic E-state index is 11.3. The van der Waals surface area contributed by atoms with Gasteiger partial charge < -0.3 is 9.84 Å². The van der Waals surface area contributed by atoms with Crippen LogP contribution < -0.4 is 4.74 Å². The number of rotatable bonds is 3. The molecule has 1 aromatic rings. The van der Waals surface area contributed by atoms with Gasteiger partial charge >= 0.3 is 5.97 Å². The normalized spacial score (nSPS) is 16.9. The Labute approximate surface area is 113 Å². The molecule has 1 heterocycles. The number of hydrogen-bond donors (Lipinski definition) is 1. The number of carboxylic acids is 1. The number of ether oxygens (including phenoxy) is 1. The molecule has 4 nitrogen and oxygen atoms in total. The molecule has 0 amide bonds. The van der Waals surface area contributed by atoms with E-state index in [0.717, 1.165) is 31.4 Å². The van der Waals surface area contributed by atoms with Crippen molar-refractivity contribution in [3.8, 4) is 5.88 Å². The number of nitrogens with zero attached hydrogens (tertiary/aromatic N) is 1. The lowest BCUT2D eigenvalue weighted by molar-refractivity contribution is 0.0685. The summed E-state index contributed by atoms with van der Waals surface area (Å²) < 4.78 is 5.90. The van der Waals surface area contributed by atoms with Gasteiger partial charge in [-0.3, -0.25) is 0 Å². The monoisotopic (exact) mass is 263 g/mol. The van der Waals surface area contributed by atoms with Crippen LogP contribution in [0, 0.1) is 13.8 Å². The van der Waals surface area contributed by atoms with Crippen molar-refractivity contribution in [1.29, 1.82) is 0 Å². The zero-order valence-electron chi connectivity index (χ0n) is 11.6. The second-order valence-corrected chi connectivity index (χ2v) is 5.30. The second kappa shape index (κ2) is 6.04. The molecule has 1 fully saturated rings. The molecular weight excluding hydrogens is 242 g/mol. The summed E-state index contributed by atoms with van der Waals surface area (Å²) in [5.74, 6) is -0.675. The zero-order valence-corrected chi connectivity index (χ0v) is 11.6. The van der Waals surface area contributed by atoms with E-state index in [1.54, 1.807) is 13.0 Å². The van der Waals surface area contributed by atoms with Gasteiger partial charge in [-0.05, 0) is 51.2 Å². The predicted octanol–water partition coefficient (Wildman–Crippen LogP) is 3.50. The molecule has 0 aromatic carbocycles. The van der Waals surface area contributed by atoms with Crippen LogP contribution in [-0.4, -0.2) is 22.2 Å². The molecule has 1 aliphatic carbocycles. The van der Waals surface area contributed by atoms with Gasteiger partial charge in [-0.15, -0.1) is 0 Å². The molecule has 0 atom stereocenters. The number of pyridine rings is 1. The van der Waals surface area contributed by atoms with Crippen molar-refractivity contribution < 1.29 is 14.6 Å². The number of carbonyl (C=O) groups is 1. The zero-order chi connectivity index (χ0) is 13.8. The van der Waals surface area contributed by atoms with Gasteiger partial charge in [0.15, 0.2) is 0 Å². The molecule has 0 radical (unpaired) electrons. The van der Waals surface area contributed by atoms with E-state index in [9.17, 15) is 9.90 Å². The Kier molecular flexibility index (Phi) is 4.40. The average Bonchev–Trinajstić information content (AvgIpc) is 2.56. The first-order valence-corrected chi connectivity index (χ1v) is 6.96. The fourth-order valence-electron chi connectivity index (χ4n) is 2.67. The molecule has 1 N–H and O–H groups in total. The van der Waals surface area contributed by atoms with Crippen LogP contribution in [0.4, 0.5) is 0 Å². The van der Waals surface area contributed by atoms with Crippen molar-refractivity contribution in [3.05, 3.63) is 22.9 Å². The molecule has 104 valence electrons. The smallest absolute Gasteiger partial charge is 0.341 e. The van der Waals surface area contributed by atoms with Gasteiger partial charge in [0, 0.05) is 5.69 Å². The molecular formula is C15H21NO3. The first kappa shape index (κ1) is 13.8. The Morgan fingerprint density at radius 3 is 2.47 bits per heavy atom. The van der Waals surface area contributed by atoms with Crippen LogP contribution in [0.25, 0.3) is 0 Å². The minimum Gasteiger partial charge on any atom is -0.477 e. The van der Waals surface area contributed by atoms with Crippen molar-refractivity contribution in [1.82, 2.24) is 4.98 Å². The standard InChI is InChI=1S/C15H21NO3/c1-10-9-11(2)16-14(13(10)15(17)18)19-12-7-5-3-4-6-8-12/h9,12H,3-8H2,1-2H3,(H,17,18). The van der Waals surface area contributed by atoms with E-state index in [2.05, 4.69) is 4.98 Å². The maximum atomic E-state index is 11.3. The summed E-state index contributed by atoms with van der Waals surface area (Å²) in [4.78, 5) is 15.6. The highest BCUT2D eigenvalue weighted by Gasteiger charge is 2.21. The summed E-state index contributed by atoms with van der Waals surface area (Å²) in [7, 11) is 0. The minimum atomic E-state index is -0.964. The Bertz CT molecular complexity index is 463. The number of aryl methyl sites for hydroxylation is 2. The minimum absolute atomic E-state index is 0.106. The summed E-state index contributed by atoms with van der Waals surface area (Å²) in [5, 5.41) is 9.30. The fourth-order valence-corrected chi connectivity index (χ4v) is 2.67. The highest BCUT2D eigenvalue weighted by Crippen LogP contribution is 2.26. The van der Waals surface area contributed by atoms with E-state index in [1.165, 1.54) is 12.8 Å². The van der Waals surface area contributed by atoms with Gasteiger partial charge in [0.05, 0.1) is 0 Å².